The molecule has 0 saturated heterocycles. The number of aryl methyl sites for hydroxylation is 2. The van der Waals surface area contributed by atoms with Gasteiger partial charge in [-0.2, -0.15) is 5.10 Å². The summed E-state index contributed by atoms with van der Waals surface area (Å²) in [6.07, 6.45) is 1.55. The van der Waals surface area contributed by atoms with E-state index in [-0.39, 0.29) is 5.75 Å². The predicted molar refractivity (Wildman–Crippen MR) is 64.2 cm³/mol. The van der Waals surface area contributed by atoms with Gasteiger partial charge < -0.3 is 9.84 Å². The number of carbonyl (C=O) groups is 1. The fourth-order valence-corrected chi connectivity index (χ4v) is 1.67. The van der Waals surface area contributed by atoms with E-state index in [4.69, 9.17) is 4.74 Å². The van der Waals surface area contributed by atoms with E-state index < -0.39 is 5.97 Å². The second-order valence-electron chi connectivity index (χ2n) is 3.82. The van der Waals surface area contributed by atoms with E-state index >= 15 is 0 Å². The van der Waals surface area contributed by atoms with E-state index in [1.54, 1.807) is 26.2 Å². The van der Waals surface area contributed by atoms with Gasteiger partial charge in [-0.3, -0.25) is 4.68 Å². The molecule has 6 nitrogen and oxygen atoms in total. The number of rotatable bonds is 2. The van der Waals surface area contributed by atoms with Gasteiger partial charge in [-0.05, 0) is 19.1 Å². The summed E-state index contributed by atoms with van der Waals surface area (Å²) >= 11 is 0. The number of hydrogen-bond acceptors (Lipinski definition) is 5. The summed E-state index contributed by atoms with van der Waals surface area (Å²) < 4.78 is 6.15. The van der Waals surface area contributed by atoms with Crippen molar-refractivity contribution >= 4 is 5.97 Å². The van der Waals surface area contributed by atoms with Crippen LogP contribution in [0.2, 0.25) is 0 Å². The Hall–Kier alpha value is -2.37. The predicted octanol–water partition coefficient (Wildman–Crippen LogP) is 1.28. The Labute approximate surface area is 104 Å². The number of ether oxygens (including phenoxy) is 1. The maximum absolute atomic E-state index is 11.7. The van der Waals surface area contributed by atoms with Crippen LogP contribution in [0, 0.1) is 6.92 Å². The van der Waals surface area contributed by atoms with Crippen molar-refractivity contribution < 1.29 is 14.6 Å². The van der Waals surface area contributed by atoms with Crippen LogP contribution in [-0.4, -0.2) is 33.0 Å². The molecule has 0 spiro atoms. The molecule has 1 N–H and O–H groups in total. The second-order valence-corrected chi connectivity index (χ2v) is 3.82. The van der Waals surface area contributed by atoms with Crippen molar-refractivity contribution in [2.24, 2.45) is 7.05 Å². The summed E-state index contributed by atoms with van der Waals surface area (Å²) in [5, 5.41) is 13.5. The van der Waals surface area contributed by atoms with Crippen molar-refractivity contribution in [3.63, 3.8) is 0 Å². The lowest BCUT2D eigenvalue weighted by Gasteiger charge is -2.05. The number of aromatic hydroxyl groups is 1. The Morgan fingerprint density at radius 3 is 2.78 bits per heavy atom. The zero-order chi connectivity index (χ0) is 13.3. The first-order valence-electron chi connectivity index (χ1n) is 5.32. The van der Waals surface area contributed by atoms with E-state index in [0.29, 0.717) is 22.6 Å². The van der Waals surface area contributed by atoms with Crippen LogP contribution in [0.5, 0.6) is 5.75 Å². The van der Waals surface area contributed by atoms with Gasteiger partial charge in [0.25, 0.3) is 0 Å². The van der Waals surface area contributed by atoms with Crippen LogP contribution < -0.4 is 0 Å². The summed E-state index contributed by atoms with van der Waals surface area (Å²) in [4.78, 5) is 15.9. The van der Waals surface area contributed by atoms with E-state index in [0.717, 1.165) is 0 Å². The molecule has 18 heavy (non-hydrogen) atoms. The molecule has 0 aromatic carbocycles. The number of hydrogen-bond donors (Lipinski definition) is 1. The van der Waals surface area contributed by atoms with E-state index in [1.165, 1.54) is 17.9 Å². The molecule has 0 radical (unpaired) electrons. The molecule has 0 bridgehead atoms. The van der Waals surface area contributed by atoms with Crippen LogP contribution in [0.15, 0.2) is 18.3 Å². The summed E-state index contributed by atoms with van der Waals surface area (Å²) in [6, 6.07) is 3.16. The van der Waals surface area contributed by atoms with Gasteiger partial charge in [0.05, 0.1) is 30.3 Å². The average Bonchev–Trinajstić information content (AvgIpc) is 2.74. The molecule has 0 aliphatic rings. The van der Waals surface area contributed by atoms with Crippen molar-refractivity contribution in [2.45, 2.75) is 6.92 Å². The number of carbonyl (C=O) groups excluding carboxylic acids is 1. The van der Waals surface area contributed by atoms with Crippen LogP contribution in [0.4, 0.5) is 0 Å². The molecule has 0 atom stereocenters. The lowest BCUT2D eigenvalue weighted by atomic mass is 10.1. The summed E-state index contributed by atoms with van der Waals surface area (Å²) in [5.74, 6) is -0.361. The fourth-order valence-electron chi connectivity index (χ4n) is 1.67. The van der Waals surface area contributed by atoms with E-state index in [2.05, 4.69) is 10.1 Å². The smallest absolute Gasteiger partial charge is 0.357 e. The first-order chi connectivity index (χ1) is 8.54. The highest BCUT2D eigenvalue weighted by Gasteiger charge is 2.19. The molecule has 0 amide bonds. The molecule has 2 aromatic heterocycles. The minimum absolute atomic E-state index is 0.113. The van der Waals surface area contributed by atoms with Crippen LogP contribution in [0.25, 0.3) is 11.3 Å². The average molecular weight is 247 g/mol. The van der Waals surface area contributed by atoms with Crippen molar-refractivity contribution in [1.29, 1.82) is 0 Å². The zero-order valence-electron chi connectivity index (χ0n) is 10.3. The Balaban J connectivity index is 2.57. The van der Waals surface area contributed by atoms with Crippen LogP contribution >= 0.6 is 0 Å². The summed E-state index contributed by atoms with van der Waals surface area (Å²) in [7, 11) is 2.97. The molecular weight excluding hydrogens is 234 g/mol. The second kappa shape index (κ2) is 4.48. The third kappa shape index (κ3) is 1.92. The van der Waals surface area contributed by atoms with Crippen molar-refractivity contribution in [3.05, 3.63) is 29.7 Å². The quantitative estimate of drug-likeness (QED) is 0.809. The molecule has 94 valence electrons. The first-order valence-corrected chi connectivity index (χ1v) is 5.32. The number of esters is 1. The number of pyridine rings is 1. The molecule has 6 heteroatoms. The Morgan fingerprint density at radius 2 is 2.17 bits per heavy atom. The molecule has 0 aliphatic heterocycles. The summed E-state index contributed by atoms with van der Waals surface area (Å²) in [5.41, 5.74) is 1.97. The monoisotopic (exact) mass is 247 g/mol. The molecule has 0 unspecified atom stereocenters. The van der Waals surface area contributed by atoms with Crippen molar-refractivity contribution in [1.82, 2.24) is 14.8 Å². The van der Waals surface area contributed by atoms with Gasteiger partial charge in [0.1, 0.15) is 5.75 Å². The molecule has 2 rings (SSSR count). The molecule has 2 heterocycles. The van der Waals surface area contributed by atoms with Gasteiger partial charge >= 0.3 is 5.97 Å². The standard InChI is InChI=1S/C12H13N3O3/c1-7-10(16)5-4-9(14-7)8-6-13-15(2)11(8)12(17)18-3/h4-6,16H,1-3H3. The minimum atomic E-state index is -0.475. The lowest BCUT2D eigenvalue weighted by Crippen LogP contribution is -2.10. The van der Waals surface area contributed by atoms with E-state index in [1.807, 2.05) is 0 Å². The number of aromatic nitrogens is 3. The highest BCUT2D eigenvalue weighted by molar-refractivity contribution is 5.94. The summed E-state index contributed by atoms with van der Waals surface area (Å²) in [6.45, 7) is 1.69. The maximum atomic E-state index is 11.7. The molecule has 2 aromatic rings. The fraction of sp³-hybridized carbons (Fsp3) is 0.250. The topological polar surface area (TPSA) is 77.2 Å². The third-order valence-corrected chi connectivity index (χ3v) is 2.65. The Bertz CT molecular complexity index is 605. The molecule has 0 saturated carbocycles. The molecular formula is C12H13N3O3. The van der Waals surface area contributed by atoms with Crippen LogP contribution in [0.3, 0.4) is 0 Å². The highest BCUT2D eigenvalue weighted by atomic mass is 16.5. The van der Waals surface area contributed by atoms with Gasteiger partial charge in [-0.25, -0.2) is 9.78 Å². The number of methoxy groups -OCH3 is 1. The van der Waals surface area contributed by atoms with Crippen LogP contribution in [0.1, 0.15) is 16.2 Å². The van der Waals surface area contributed by atoms with Crippen LogP contribution in [-0.2, 0) is 11.8 Å². The molecule has 0 aliphatic carbocycles. The first kappa shape index (κ1) is 12.1. The van der Waals surface area contributed by atoms with Gasteiger partial charge in [-0.15, -0.1) is 0 Å². The van der Waals surface area contributed by atoms with Gasteiger partial charge in [0.15, 0.2) is 5.69 Å². The number of nitrogens with zero attached hydrogens (tertiary/aromatic N) is 3. The van der Waals surface area contributed by atoms with Crippen molar-refractivity contribution in [3.8, 4) is 17.0 Å². The van der Waals surface area contributed by atoms with Gasteiger partial charge in [0.2, 0.25) is 0 Å². The zero-order valence-corrected chi connectivity index (χ0v) is 10.3. The maximum Gasteiger partial charge on any atom is 0.357 e. The Kier molecular flexibility index (Phi) is 3.01. The van der Waals surface area contributed by atoms with Gasteiger partial charge in [0, 0.05) is 7.05 Å². The minimum Gasteiger partial charge on any atom is -0.506 e. The lowest BCUT2D eigenvalue weighted by molar-refractivity contribution is 0.0589. The largest absolute Gasteiger partial charge is 0.506 e. The van der Waals surface area contributed by atoms with Gasteiger partial charge in [-0.1, -0.05) is 0 Å². The highest BCUT2D eigenvalue weighted by Crippen LogP contribution is 2.25. The molecule has 0 fully saturated rings. The Morgan fingerprint density at radius 1 is 1.44 bits per heavy atom. The van der Waals surface area contributed by atoms with E-state index in [9.17, 15) is 9.90 Å². The SMILES string of the molecule is COC(=O)c1c(-c2ccc(O)c(C)n2)cnn1C. The third-order valence-electron chi connectivity index (χ3n) is 2.65. The van der Waals surface area contributed by atoms with Crippen molar-refractivity contribution in [2.75, 3.05) is 7.11 Å². The normalized spacial score (nSPS) is 10.4.